The Labute approximate surface area is 176 Å². The summed E-state index contributed by atoms with van der Waals surface area (Å²) < 4.78 is 28.5. The highest BCUT2D eigenvalue weighted by atomic mass is 32.2. The van der Waals surface area contributed by atoms with E-state index in [2.05, 4.69) is 10.2 Å². The van der Waals surface area contributed by atoms with E-state index in [4.69, 9.17) is 19.8 Å². The van der Waals surface area contributed by atoms with Crippen molar-refractivity contribution in [2.45, 2.75) is 24.7 Å². The fourth-order valence-corrected chi connectivity index (χ4v) is 4.81. The molecule has 2 N–H and O–H groups in total. The van der Waals surface area contributed by atoms with Gasteiger partial charge in [-0.15, -0.1) is 0 Å². The number of benzene rings is 1. The van der Waals surface area contributed by atoms with E-state index in [9.17, 15) is 13.6 Å². The standard InChI is InChI=1S/C20H24N4O5S/c25-19(26)21-15-4-2-14(3-5-15)18-22-16(20(6-1-7-20)13-30(27)28)12-17(23-18)24-8-10-29-11-9-24/h2-5,12,21H,1,6-11,13H2,(H,25,26)(H,27,28)/p-1. The van der Waals surface area contributed by atoms with Crippen LogP contribution in [-0.4, -0.2) is 62.0 Å². The minimum atomic E-state index is -2.16. The quantitative estimate of drug-likeness (QED) is 0.667. The summed E-state index contributed by atoms with van der Waals surface area (Å²) in [5, 5.41) is 11.2. The van der Waals surface area contributed by atoms with E-state index in [-0.39, 0.29) is 5.75 Å². The second-order valence-corrected chi connectivity index (χ2v) is 8.52. The van der Waals surface area contributed by atoms with Crippen molar-refractivity contribution in [1.82, 2.24) is 9.97 Å². The van der Waals surface area contributed by atoms with E-state index in [1.54, 1.807) is 24.3 Å². The molecule has 2 aromatic rings. The van der Waals surface area contributed by atoms with Gasteiger partial charge in [0.2, 0.25) is 0 Å². The number of nitrogens with one attached hydrogen (secondary N) is 1. The number of hydrogen-bond donors (Lipinski definition) is 2. The van der Waals surface area contributed by atoms with Crippen LogP contribution in [0.15, 0.2) is 30.3 Å². The van der Waals surface area contributed by atoms with Crippen LogP contribution in [-0.2, 0) is 21.2 Å². The van der Waals surface area contributed by atoms with Crippen LogP contribution >= 0.6 is 0 Å². The summed E-state index contributed by atoms with van der Waals surface area (Å²) in [5.74, 6) is 1.31. The van der Waals surface area contributed by atoms with Crippen LogP contribution in [0.25, 0.3) is 11.4 Å². The van der Waals surface area contributed by atoms with Crippen molar-refractivity contribution >= 4 is 28.7 Å². The summed E-state index contributed by atoms with van der Waals surface area (Å²) >= 11 is -2.16. The predicted octanol–water partition coefficient (Wildman–Crippen LogP) is 2.37. The Kier molecular flexibility index (Phi) is 5.98. The van der Waals surface area contributed by atoms with Crippen molar-refractivity contribution in [1.29, 1.82) is 0 Å². The second kappa shape index (κ2) is 8.66. The Balaban J connectivity index is 1.73. The second-order valence-electron chi connectivity index (χ2n) is 7.62. The zero-order valence-electron chi connectivity index (χ0n) is 16.4. The molecule has 1 aromatic carbocycles. The average molecular weight is 431 g/mol. The van der Waals surface area contributed by atoms with Crippen molar-refractivity contribution < 1.29 is 23.4 Å². The smallest absolute Gasteiger partial charge is 0.409 e. The van der Waals surface area contributed by atoms with Gasteiger partial charge in [0.05, 0.1) is 18.9 Å². The number of hydrogen-bond acceptors (Lipinski definition) is 7. The Morgan fingerprint density at radius 2 is 1.93 bits per heavy atom. The number of carboxylic acid groups (broad SMARTS) is 1. The first-order valence-corrected chi connectivity index (χ1v) is 11.1. The van der Waals surface area contributed by atoms with Crippen LogP contribution in [0.4, 0.5) is 16.3 Å². The fraction of sp³-hybridized carbons (Fsp3) is 0.450. The van der Waals surface area contributed by atoms with Gasteiger partial charge < -0.3 is 19.3 Å². The molecule has 0 spiro atoms. The van der Waals surface area contributed by atoms with E-state index in [1.165, 1.54) is 0 Å². The monoisotopic (exact) mass is 431 g/mol. The first-order chi connectivity index (χ1) is 14.4. The highest BCUT2D eigenvalue weighted by Crippen LogP contribution is 2.44. The molecule has 0 radical (unpaired) electrons. The lowest BCUT2D eigenvalue weighted by Gasteiger charge is -2.42. The summed E-state index contributed by atoms with van der Waals surface area (Å²) in [5.41, 5.74) is 1.46. The van der Waals surface area contributed by atoms with Crippen LogP contribution < -0.4 is 10.2 Å². The fourth-order valence-electron chi connectivity index (χ4n) is 3.92. The van der Waals surface area contributed by atoms with E-state index in [1.807, 2.05) is 6.07 Å². The van der Waals surface area contributed by atoms with E-state index in [0.29, 0.717) is 37.8 Å². The largest absolute Gasteiger partial charge is 0.772 e. The van der Waals surface area contributed by atoms with Crippen LogP contribution in [0.2, 0.25) is 0 Å². The molecular weight excluding hydrogens is 408 g/mol. The molecule has 10 heteroatoms. The van der Waals surface area contributed by atoms with Crippen molar-refractivity contribution in [2.24, 2.45) is 0 Å². The summed E-state index contributed by atoms with van der Waals surface area (Å²) in [4.78, 5) is 22.4. The average Bonchev–Trinajstić information content (AvgIpc) is 2.71. The summed E-state index contributed by atoms with van der Waals surface area (Å²) in [6, 6.07) is 8.74. The molecule has 9 nitrogen and oxygen atoms in total. The van der Waals surface area contributed by atoms with Crippen LogP contribution in [0.5, 0.6) is 0 Å². The molecular formula is C20H23N4O5S-. The molecule has 1 unspecified atom stereocenters. The molecule has 2 aliphatic rings. The number of nitrogens with zero attached hydrogens (tertiary/aromatic N) is 3. The normalized spacial score (nSPS) is 19.0. The number of aromatic nitrogens is 2. The molecule has 1 atom stereocenters. The number of amides is 1. The SMILES string of the molecule is O=C(O)Nc1ccc(-c2nc(N3CCOCC3)cc(C3(CS(=O)[O-])CCC3)n2)cc1. The van der Waals surface area contributed by atoms with Crippen LogP contribution in [0.3, 0.4) is 0 Å². The molecule has 0 bridgehead atoms. The zero-order valence-corrected chi connectivity index (χ0v) is 17.2. The first-order valence-electron chi connectivity index (χ1n) is 9.84. The van der Waals surface area contributed by atoms with Gasteiger partial charge in [-0.25, -0.2) is 14.8 Å². The topological polar surface area (TPSA) is 128 Å². The summed E-state index contributed by atoms with van der Waals surface area (Å²) in [6.07, 6.45) is 1.40. The third-order valence-electron chi connectivity index (χ3n) is 5.69. The number of ether oxygens (including phenoxy) is 1. The molecule has 1 amide bonds. The highest BCUT2D eigenvalue weighted by Gasteiger charge is 2.41. The lowest BCUT2D eigenvalue weighted by atomic mass is 9.68. The lowest BCUT2D eigenvalue weighted by molar-refractivity contribution is 0.122. The maximum absolute atomic E-state index is 11.5. The third-order valence-corrected chi connectivity index (χ3v) is 6.48. The van der Waals surface area contributed by atoms with Gasteiger partial charge in [0.25, 0.3) is 0 Å². The third kappa shape index (κ3) is 4.45. The minimum absolute atomic E-state index is 0.0491. The number of carbonyl (C=O) groups is 1. The van der Waals surface area contributed by atoms with Gasteiger partial charge in [-0.2, -0.15) is 0 Å². The van der Waals surface area contributed by atoms with Gasteiger partial charge in [-0.05, 0) is 37.1 Å². The van der Waals surface area contributed by atoms with E-state index < -0.39 is 22.6 Å². The van der Waals surface area contributed by atoms with Gasteiger partial charge in [0.15, 0.2) is 5.82 Å². The molecule has 1 aliphatic carbocycles. The van der Waals surface area contributed by atoms with Crippen LogP contribution in [0.1, 0.15) is 25.0 Å². The Morgan fingerprint density at radius 3 is 2.50 bits per heavy atom. The van der Waals surface area contributed by atoms with Gasteiger partial charge in [0.1, 0.15) is 5.82 Å². The van der Waals surface area contributed by atoms with Crippen LogP contribution in [0, 0.1) is 0 Å². The first kappa shape index (κ1) is 20.7. The number of anilines is 2. The summed E-state index contributed by atoms with van der Waals surface area (Å²) in [6.45, 7) is 2.63. The zero-order chi connectivity index (χ0) is 21.1. The Bertz CT molecular complexity index is 943. The van der Waals surface area contributed by atoms with E-state index >= 15 is 0 Å². The summed E-state index contributed by atoms with van der Waals surface area (Å²) in [7, 11) is 0. The molecule has 1 saturated heterocycles. The molecule has 160 valence electrons. The number of rotatable bonds is 6. The molecule has 30 heavy (non-hydrogen) atoms. The van der Waals surface area contributed by atoms with Crippen molar-refractivity contribution in [3.63, 3.8) is 0 Å². The van der Waals surface area contributed by atoms with Gasteiger partial charge in [-0.3, -0.25) is 9.53 Å². The predicted molar refractivity (Wildman–Crippen MR) is 111 cm³/mol. The van der Waals surface area contributed by atoms with Gasteiger partial charge >= 0.3 is 6.09 Å². The molecule has 1 saturated carbocycles. The Hall–Kier alpha value is -2.56. The molecule has 2 heterocycles. The van der Waals surface area contributed by atoms with Crippen molar-refractivity contribution in [3.8, 4) is 11.4 Å². The molecule has 1 aromatic heterocycles. The molecule has 1 aliphatic heterocycles. The van der Waals surface area contributed by atoms with Gasteiger partial charge in [-0.1, -0.05) is 17.5 Å². The lowest BCUT2D eigenvalue weighted by Crippen LogP contribution is -2.41. The maximum atomic E-state index is 11.5. The highest BCUT2D eigenvalue weighted by molar-refractivity contribution is 7.79. The van der Waals surface area contributed by atoms with E-state index in [0.717, 1.165) is 36.3 Å². The van der Waals surface area contributed by atoms with Crippen molar-refractivity contribution in [3.05, 3.63) is 36.0 Å². The Morgan fingerprint density at radius 1 is 1.23 bits per heavy atom. The minimum Gasteiger partial charge on any atom is -0.772 e. The number of morpholine rings is 1. The molecule has 2 fully saturated rings. The molecule has 4 rings (SSSR count). The van der Waals surface area contributed by atoms with Gasteiger partial charge in [0, 0.05) is 41.6 Å². The maximum Gasteiger partial charge on any atom is 0.409 e. The van der Waals surface area contributed by atoms with Crippen molar-refractivity contribution in [2.75, 3.05) is 42.3 Å².